The van der Waals surface area contributed by atoms with E-state index in [0.29, 0.717) is 12.0 Å². The Bertz CT molecular complexity index is 390. The predicted octanol–water partition coefficient (Wildman–Crippen LogP) is 0.970. The molecule has 0 saturated carbocycles. The van der Waals surface area contributed by atoms with Crippen LogP contribution in [0.15, 0.2) is 6.20 Å². The number of aromatic nitrogens is 2. The molecule has 94 valence electrons. The van der Waals surface area contributed by atoms with Crippen LogP contribution in [0.5, 0.6) is 0 Å². The van der Waals surface area contributed by atoms with E-state index in [4.69, 9.17) is 0 Å². The van der Waals surface area contributed by atoms with Crippen LogP contribution in [0.1, 0.15) is 31.0 Å². The van der Waals surface area contributed by atoms with Gasteiger partial charge in [0, 0.05) is 24.7 Å². The molecular formula is C13H21N3O. The Labute approximate surface area is 102 Å². The van der Waals surface area contributed by atoms with E-state index >= 15 is 0 Å². The second-order valence-electron chi connectivity index (χ2n) is 5.39. The lowest BCUT2D eigenvalue weighted by atomic mass is 9.76. The molecular weight excluding hydrogens is 214 g/mol. The van der Waals surface area contributed by atoms with Crippen LogP contribution < -0.4 is 0 Å². The molecule has 0 unspecified atom stereocenters. The number of likely N-dealkylation sites (tertiary alicyclic amines) is 1. The molecule has 1 aliphatic carbocycles. The quantitative estimate of drug-likeness (QED) is 0.803. The van der Waals surface area contributed by atoms with Gasteiger partial charge < -0.3 is 5.11 Å². The van der Waals surface area contributed by atoms with Crippen molar-refractivity contribution in [1.82, 2.24) is 15.1 Å². The summed E-state index contributed by atoms with van der Waals surface area (Å²) < 4.78 is 0. The van der Waals surface area contributed by atoms with Crippen LogP contribution in [0.25, 0.3) is 0 Å². The molecule has 3 atom stereocenters. The van der Waals surface area contributed by atoms with Crippen LogP contribution in [0.3, 0.4) is 0 Å². The van der Waals surface area contributed by atoms with Gasteiger partial charge in [-0.3, -0.25) is 10.00 Å². The number of rotatable bonds is 2. The molecule has 1 fully saturated rings. The molecule has 2 aliphatic rings. The Kier molecular flexibility index (Phi) is 2.92. The van der Waals surface area contributed by atoms with Crippen molar-refractivity contribution >= 4 is 0 Å². The average molecular weight is 235 g/mol. The van der Waals surface area contributed by atoms with Crippen LogP contribution in [-0.2, 0) is 12.8 Å². The van der Waals surface area contributed by atoms with Crippen LogP contribution >= 0.6 is 0 Å². The summed E-state index contributed by atoms with van der Waals surface area (Å²) in [5.41, 5.74) is 2.52. The van der Waals surface area contributed by atoms with E-state index in [1.165, 1.54) is 17.7 Å². The van der Waals surface area contributed by atoms with Gasteiger partial charge in [-0.25, -0.2) is 0 Å². The SMILES string of the molecule is CCCN1CC[C@H](O)[C@H]2Cc3n[nH]cc3C[C@@H]21. The summed E-state index contributed by atoms with van der Waals surface area (Å²) >= 11 is 0. The van der Waals surface area contributed by atoms with E-state index in [1.54, 1.807) is 0 Å². The topological polar surface area (TPSA) is 52.1 Å². The molecule has 2 heterocycles. The third kappa shape index (κ3) is 1.89. The first kappa shape index (κ1) is 11.2. The number of hydrogen-bond donors (Lipinski definition) is 2. The van der Waals surface area contributed by atoms with Gasteiger partial charge >= 0.3 is 0 Å². The molecule has 4 nitrogen and oxygen atoms in total. The van der Waals surface area contributed by atoms with Gasteiger partial charge in [0.2, 0.25) is 0 Å². The van der Waals surface area contributed by atoms with E-state index in [2.05, 4.69) is 22.0 Å². The minimum Gasteiger partial charge on any atom is -0.393 e. The Hall–Kier alpha value is -0.870. The summed E-state index contributed by atoms with van der Waals surface area (Å²) in [6.07, 6.45) is 5.98. The van der Waals surface area contributed by atoms with Crippen molar-refractivity contribution in [2.45, 2.75) is 44.8 Å². The van der Waals surface area contributed by atoms with Crippen molar-refractivity contribution in [3.05, 3.63) is 17.5 Å². The van der Waals surface area contributed by atoms with Crippen LogP contribution in [0.2, 0.25) is 0 Å². The van der Waals surface area contributed by atoms with Gasteiger partial charge in [-0.2, -0.15) is 5.10 Å². The summed E-state index contributed by atoms with van der Waals surface area (Å²) in [6, 6.07) is 0.517. The summed E-state index contributed by atoms with van der Waals surface area (Å²) in [7, 11) is 0. The maximum atomic E-state index is 10.2. The molecule has 1 aromatic rings. The molecule has 0 aromatic carbocycles. The predicted molar refractivity (Wildman–Crippen MR) is 65.8 cm³/mol. The molecule has 0 radical (unpaired) electrons. The lowest BCUT2D eigenvalue weighted by Gasteiger charge is -2.46. The summed E-state index contributed by atoms with van der Waals surface area (Å²) in [5, 5.41) is 17.4. The Balaban J connectivity index is 1.85. The lowest BCUT2D eigenvalue weighted by Crippen LogP contribution is -2.54. The number of aliphatic hydroxyl groups excluding tert-OH is 1. The average Bonchev–Trinajstić information content (AvgIpc) is 2.78. The van der Waals surface area contributed by atoms with E-state index in [1.807, 2.05) is 6.20 Å². The first-order valence-corrected chi connectivity index (χ1v) is 6.73. The standard InChI is InChI=1S/C13H21N3O/c1-2-4-16-5-3-13(17)10-7-11-9(6-12(10)16)8-14-15-11/h8,10,12-13,17H,2-7H2,1H3,(H,14,15)/t10-,12-,13-/m0/s1. The molecule has 2 N–H and O–H groups in total. The maximum absolute atomic E-state index is 10.2. The van der Waals surface area contributed by atoms with Gasteiger partial charge in [-0.15, -0.1) is 0 Å². The first-order chi connectivity index (χ1) is 8.29. The number of aliphatic hydroxyl groups is 1. The van der Waals surface area contributed by atoms with Crippen LogP contribution in [0, 0.1) is 5.92 Å². The highest BCUT2D eigenvalue weighted by molar-refractivity contribution is 5.23. The fourth-order valence-corrected chi connectivity index (χ4v) is 3.47. The van der Waals surface area contributed by atoms with Crippen molar-refractivity contribution in [1.29, 1.82) is 0 Å². The number of aromatic amines is 1. The zero-order chi connectivity index (χ0) is 11.8. The van der Waals surface area contributed by atoms with Crippen molar-refractivity contribution in [2.75, 3.05) is 13.1 Å². The van der Waals surface area contributed by atoms with E-state index in [9.17, 15) is 5.11 Å². The third-order valence-electron chi connectivity index (χ3n) is 4.35. The molecule has 3 rings (SSSR count). The third-order valence-corrected chi connectivity index (χ3v) is 4.35. The molecule has 0 spiro atoms. The maximum Gasteiger partial charge on any atom is 0.0658 e. The molecule has 0 amide bonds. The molecule has 1 aliphatic heterocycles. The minimum atomic E-state index is -0.141. The monoisotopic (exact) mass is 235 g/mol. The van der Waals surface area contributed by atoms with Gasteiger partial charge in [-0.1, -0.05) is 6.92 Å². The number of fused-ring (bicyclic) bond motifs is 2. The van der Waals surface area contributed by atoms with Gasteiger partial charge in [0.15, 0.2) is 0 Å². The zero-order valence-electron chi connectivity index (χ0n) is 10.4. The van der Waals surface area contributed by atoms with Crippen molar-refractivity contribution in [3.63, 3.8) is 0 Å². The van der Waals surface area contributed by atoms with Crippen LogP contribution in [0.4, 0.5) is 0 Å². The van der Waals surface area contributed by atoms with Crippen molar-refractivity contribution in [2.24, 2.45) is 5.92 Å². The normalized spacial score (nSPS) is 33.2. The summed E-state index contributed by atoms with van der Waals surface area (Å²) in [6.45, 7) is 4.43. The number of nitrogens with zero attached hydrogens (tertiary/aromatic N) is 2. The first-order valence-electron chi connectivity index (χ1n) is 6.73. The van der Waals surface area contributed by atoms with Gasteiger partial charge in [-0.05, 0) is 37.8 Å². The fourth-order valence-electron chi connectivity index (χ4n) is 3.47. The van der Waals surface area contributed by atoms with Crippen molar-refractivity contribution in [3.8, 4) is 0 Å². The highest BCUT2D eigenvalue weighted by atomic mass is 16.3. The number of nitrogens with one attached hydrogen (secondary N) is 1. The highest BCUT2D eigenvalue weighted by Crippen LogP contribution is 2.34. The van der Waals surface area contributed by atoms with Crippen molar-refractivity contribution < 1.29 is 5.11 Å². The summed E-state index contributed by atoms with van der Waals surface area (Å²) in [5.74, 6) is 0.381. The van der Waals surface area contributed by atoms with Crippen LogP contribution in [-0.4, -0.2) is 45.4 Å². The second-order valence-corrected chi connectivity index (χ2v) is 5.39. The van der Waals surface area contributed by atoms with E-state index in [-0.39, 0.29) is 6.10 Å². The van der Waals surface area contributed by atoms with E-state index in [0.717, 1.165) is 32.4 Å². The second kappa shape index (κ2) is 4.42. The Morgan fingerprint density at radius 3 is 3.24 bits per heavy atom. The molecule has 1 aromatic heterocycles. The fraction of sp³-hybridized carbons (Fsp3) is 0.769. The molecule has 4 heteroatoms. The molecule has 17 heavy (non-hydrogen) atoms. The van der Waals surface area contributed by atoms with E-state index < -0.39 is 0 Å². The molecule has 0 bridgehead atoms. The number of H-pyrrole nitrogens is 1. The lowest BCUT2D eigenvalue weighted by molar-refractivity contribution is -0.0209. The Morgan fingerprint density at radius 2 is 2.41 bits per heavy atom. The van der Waals surface area contributed by atoms with Gasteiger partial charge in [0.25, 0.3) is 0 Å². The minimum absolute atomic E-state index is 0.141. The Morgan fingerprint density at radius 1 is 1.53 bits per heavy atom. The summed E-state index contributed by atoms with van der Waals surface area (Å²) in [4.78, 5) is 2.56. The van der Waals surface area contributed by atoms with Gasteiger partial charge in [0.05, 0.1) is 11.8 Å². The van der Waals surface area contributed by atoms with Gasteiger partial charge in [0.1, 0.15) is 0 Å². The number of hydrogen-bond acceptors (Lipinski definition) is 3. The number of piperidine rings is 1. The largest absolute Gasteiger partial charge is 0.393 e. The highest BCUT2D eigenvalue weighted by Gasteiger charge is 2.40. The zero-order valence-corrected chi connectivity index (χ0v) is 10.4. The molecule has 1 saturated heterocycles. The smallest absolute Gasteiger partial charge is 0.0658 e.